The van der Waals surface area contributed by atoms with Gasteiger partial charge in [0.2, 0.25) is 0 Å². The van der Waals surface area contributed by atoms with Crippen molar-refractivity contribution in [1.82, 2.24) is 9.97 Å². The van der Waals surface area contributed by atoms with E-state index < -0.39 is 0 Å². The monoisotopic (exact) mass is 275 g/mol. The van der Waals surface area contributed by atoms with Crippen LogP contribution in [0.25, 0.3) is 0 Å². The third-order valence-electron chi connectivity index (χ3n) is 2.00. The van der Waals surface area contributed by atoms with E-state index >= 15 is 0 Å². The van der Waals surface area contributed by atoms with E-state index in [1.165, 1.54) is 24.2 Å². The van der Waals surface area contributed by atoms with Crippen LogP contribution in [0.15, 0.2) is 62.4 Å². The van der Waals surface area contributed by atoms with Crippen molar-refractivity contribution in [3.8, 4) is 0 Å². The summed E-state index contributed by atoms with van der Waals surface area (Å²) in [6.07, 6.45) is 2.93. The second-order valence-electron chi connectivity index (χ2n) is 3.23. The molecule has 8 nitrogen and oxygen atoms in total. The summed E-state index contributed by atoms with van der Waals surface area (Å²) in [5.74, 6) is 0. The maximum Gasteiger partial charge on any atom is 0.103 e. The van der Waals surface area contributed by atoms with Gasteiger partial charge in [0.25, 0.3) is 0 Å². The van der Waals surface area contributed by atoms with Gasteiger partial charge in [0.15, 0.2) is 0 Å². The van der Waals surface area contributed by atoms with E-state index in [1.807, 2.05) is 0 Å². The van der Waals surface area contributed by atoms with Crippen LogP contribution in [-0.2, 0) is 0 Å². The molecule has 0 unspecified atom stereocenters. The topological polar surface area (TPSA) is 115 Å². The molecule has 2 aromatic rings. The lowest BCUT2D eigenvalue weighted by Crippen LogP contribution is -1.88. The molecule has 96 valence electrons. The van der Waals surface area contributed by atoms with Gasteiger partial charge >= 0.3 is 0 Å². The number of nitroso groups, excluding NO2 is 1. The second-order valence-corrected chi connectivity index (χ2v) is 4.27. The Morgan fingerprint density at radius 3 is 2.37 bits per heavy atom. The van der Waals surface area contributed by atoms with Crippen molar-refractivity contribution in [1.29, 1.82) is 0 Å². The number of aromatic nitrogens is 2. The lowest BCUT2D eigenvalue weighted by molar-refractivity contribution is 1.08. The maximum atomic E-state index is 9.99. The number of anilines is 1. The van der Waals surface area contributed by atoms with Gasteiger partial charge in [-0.25, -0.2) is 20.7 Å². The Balaban J connectivity index is 2.05. The van der Waals surface area contributed by atoms with Gasteiger partial charge in [-0.05, 0) is 24.3 Å². The Labute approximate surface area is 111 Å². The van der Waals surface area contributed by atoms with E-state index in [9.17, 15) is 10.1 Å². The summed E-state index contributed by atoms with van der Waals surface area (Å²) in [6, 6.07) is 6.74. The average molecular weight is 275 g/mol. The quantitative estimate of drug-likeness (QED) is 0.508. The molecule has 0 radical (unpaired) electrons. The molecule has 19 heavy (non-hydrogen) atoms. The summed E-state index contributed by atoms with van der Waals surface area (Å²) in [5, 5.41) is 19.6. The van der Waals surface area contributed by atoms with Crippen molar-refractivity contribution < 1.29 is 0 Å². The molecule has 0 amide bonds. The zero-order chi connectivity index (χ0) is 13.5. The first-order chi connectivity index (χ1) is 9.31. The molecule has 0 saturated heterocycles. The van der Waals surface area contributed by atoms with E-state index in [0.717, 1.165) is 0 Å². The molecule has 2 rings (SSSR count). The average Bonchev–Trinajstić information content (AvgIpc) is 2.44. The fourth-order valence-electron chi connectivity index (χ4n) is 1.21. The maximum absolute atomic E-state index is 9.99. The predicted octanol–water partition coefficient (Wildman–Crippen LogP) is 3.30. The van der Waals surface area contributed by atoms with E-state index in [1.54, 1.807) is 24.3 Å². The lowest BCUT2D eigenvalue weighted by atomic mass is 10.4. The highest BCUT2D eigenvalue weighted by molar-refractivity contribution is 7.99. The first-order valence-electron chi connectivity index (χ1n) is 5.03. The van der Waals surface area contributed by atoms with Crippen molar-refractivity contribution in [2.45, 2.75) is 10.1 Å². The zero-order valence-corrected chi connectivity index (χ0v) is 10.2. The van der Waals surface area contributed by atoms with Crippen molar-refractivity contribution in [2.24, 2.45) is 15.7 Å². The SMILES string of the molecule is O=NNc1ccc(Sc2ccc(N=N[O-])cn2)nc1. The fraction of sp³-hybridized carbons (Fsp3) is 0. The molecule has 2 heterocycles. The summed E-state index contributed by atoms with van der Waals surface area (Å²) in [5.41, 5.74) is 3.15. The number of hydrogen-bond acceptors (Lipinski definition) is 8. The minimum atomic E-state index is 0.393. The largest absolute Gasteiger partial charge is 0.775 e. The predicted molar refractivity (Wildman–Crippen MR) is 69.9 cm³/mol. The van der Waals surface area contributed by atoms with Gasteiger partial charge in [-0.15, -0.1) is 4.91 Å². The summed E-state index contributed by atoms with van der Waals surface area (Å²) in [4.78, 5) is 18.2. The van der Waals surface area contributed by atoms with Gasteiger partial charge in [0.05, 0.1) is 23.4 Å². The summed E-state index contributed by atoms with van der Waals surface area (Å²) in [7, 11) is 0. The second kappa shape index (κ2) is 6.40. The Kier molecular flexibility index (Phi) is 4.34. The first kappa shape index (κ1) is 12.9. The van der Waals surface area contributed by atoms with Gasteiger partial charge < -0.3 is 5.21 Å². The van der Waals surface area contributed by atoms with E-state index in [0.29, 0.717) is 21.4 Å². The molecule has 0 bridgehead atoms. The Morgan fingerprint density at radius 1 is 1.11 bits per heavy atom. The highest BCUT2D eigenvalue weighted by atomic mass is 32.2. The summed E-state index contributed by atoms with van der Waals surface area (Å²) >= 11 is 1.33. The third kappa shape index (κ3) is 3.71. The minimum Gasteiger partial charge on any atom is -0.775 e. The molecule has 1 N–H and O–H groups in total. The van der Waals surface area contributed by atoms with Crippen LogP contribution in [-0.4, -0.2) is 9.97 Å². The fourth-order valence-corrected chi connectivity index (χ4v) is 1.90. The highest BCUT2D eigenvalue weighted by Crippen LogP contribution is 2.26. The van der Waals surface area contributed by atoms with Gasteiger partial charge in [0.1, 0.15) is 15.7 Å². The van der Waals surface area contributed by atoms with Crippen LogP contribution in [0, 0.1) is 10.1 Å². The number of pyridine rings is 2. The molecule has 0 aliphatic carbocycles. The molecule has 2 aromatic heterocycles. The van der Waals surface area contributed by atoms with Crippen molar-refractivity contribution in [3.63, 3.8) is 0 Å². The van der Waals surface area contributed by atoms with Crippen molar-refractivity contribution in [3.05, 3.63) is 46.8 Å². The van der Waals surface area contributed by atoms with Crippen LogP contribution in [0.1, 0.15) is 0 Å². The van der Waals surface area contributed by atoms with Gasteiger partial charge in [-0.2, -0.15) is 5.11 Å². The molecule has 0 atom stereocenters. The van der Waals surface area contributed by atoms with Gasteiger partial charge in [-0.1, -0.05) is 11.8 Å². The standard InChI is InChI=1S/C10H8N6O2S/c17-15-13-7-1-3-9(11-5-7)19-10-4-2-8(6-12-10)14-16-18/h1-6H,(H,13,17)(H,14,18)/p-1. The molecular weight excluding hydrogens is 268 g/mol. The number of nitrogens with one attached hydrogen (secondary N) is 1. The summed E-state index contributed by atoms with van der Waals surface area (Å²) in [6.45, 7) is 0. The smallest absolute Gasteiger partial charge is 0.103 e. The Morgan fingerprint density at radius 2 is 1.84 bits per heavy atom. The highest BCUT2D eigenvalue weighted by Gasteiger charge is 2.01. The third-order valence-corrected chi connectivity index (χ3v) is 2.90. The molecule has 0 fully saturated rings. The number of nitrogens with zero attached hydrogens (tertiary/aromatic N) is 5. The molecule has 0 aliphatic heterocycles. The molecule has 0 aliphatic rings. The number of rotatable bonds is 5. The van der Waals surface area contributed by atoms with E-state index in [2.05, 4.69) is 31.1 Å². The Hall–Kier alpha value is -2.55. The van der Waals surface area contributed by atoms with Crippen LogP contribution in [0.4, 0.5) is 11.4 Å². The molecule has 0 spiro atoms. The van der Waals surface area contributed by atoms with Crippen LogP contribution in [0.3, 0.4) is 0 Å². The van der Waals surface area contributed by atoms with Crippen LogP contribution >= 0.6 is 11.8 Å². The van der Waals surface area contributed by atoms with Gasteiger partial charge in [0, 0.05) is 0 Å². The minimum absolute atomic E-state index is 0.393. The van der Waals surface area contributed by atoms with E-state index in [4.69, 9.17) is 0 Å². The first-order valence-corrected chi connectivity index (χ1v) is 5.85. The molecule has 0 saturated carbocycles. The van der Waals surface area contributed by atoms with Gasteiger partial charge in [-0.3, -0.25) is 0 Å². The molecule has 0 aromatic carbocycles. The van der Waals surface area contributed by atoms with Crippen LogP contribution < -0.4 is 5.43 Å². The van der Waals surface area contributed by atoms with E-state index in [-0.39, 0.29) is 0 Å². The van der Waals surface area contributed by atoms with Crippen LogP contribution in [0.5, 0.6) is 0 Å². The lowest BCUT2D eigenvalue weighted by Gasteiger charge is -2.01. The van der Waals surface area contributed by atoms with Crippen molar-refractivity contribution in [2.75, 3.05) is 5.43 Å². The zero-order valence-electron chi connectivity index (χ0n) is 9.42. The normalized spacial score (nSPS) is 10.5. The van der Waals surface area contributed by atoms with Crippen molar-refractivity contribution >= 4 is 23.1 Å². The molecular formula is C10H7N6O2S-. The molecule has 9 heteroatoms. The summed E-state index contributed by atoms with van der Waals surface area (Å²) < 4.78 is 0. The number of hydrogen-bond donors (Lipinski definition) is 1. The Bertz CT molecular complexity index is 572. The van der Waals surface area contributed by atoms with Crippen LogP contribution in [0.2, 0.25) is 0 Å².